The number of hydrogen-bond donors (Lipinski definition) is 4. The lowest BCUT2D eigenvalue weighted by Crippen LogP contribution is -2.56. The number of carbonyl (C=O) groups is 2. The minimum Gasteiger partial charge on any atom is -0.481 e. The molecule has 14 rings (SSSR count). The van der Waals surface area contributed by atoms with Crippen molar-refractivity contribution in [1.29, 1.82) is 0 Å². The van der Waals surface area contributed by atoms with Gasteiger partial charge in [0.15, 0.2) is 0 Å². The maximum atomic E-state index is 16.8. The van der Waals surface area contributed by atoms with Crippen molar-refractivity contribution in [3.63, 3.8) is 0 Å². The van der Waals surface area contributed by atoms with Crippen LogP contribution in [0, 0.1) is 5.82 Å². The second-order valence-corrected chi connectivity index (χ2v) is 28.1. The largest absolute Gasteiger partial charge is 0.481 e. The molecule has 101 heavy (non-hydrogen) atoms. The summed E-state index contributed by atoms with van der Waals surface area (Å²) in [5.41, 5.74) is 10.4. The molecule has 0 radical (unpaired) electrons. The molecule has 0 unspecified atom stereocenters. The molecule has 20 nitrogen and oxygen atoms in total. The normalized spacial score (nSPS) is 18.7. The molecule has 0 aliphatic carbocycles. The van der Waals surface area contributed by atoms with Crippen molar-refractivity contribution in [3.8, 4) is 102 Å². The second-order valence-electron chi connectivity index (χ2n) is 26.6. The van der Waals surface area contributed by atoms with Crippen molar-refractivity contribution in [1.82, 2.24) is 60.8 Å². The molecule has 528 valence electrons. The molecule has 8 aromatic rings. The number of aromatic nitrogens is 4. The third kappa shape index (κ3) is 15.5. The summed E-state index contributed by atoms with van der Waals surface area (Å²) >= 11 is 31.1. The molecule has 6 fully saturated rings. The minimum absolute atomic E-state index is 0.0122. The number of ether oxygens (including phenoxy) is 6. The van der Waals surface area contributed by atoms with Crippen LogP contribution >= 0.6 is 46.4 Å². The van der Waals surface area contributed by atoms with Gasteiger partial charge in [-0.05, 0) is 84.6 Å². The Morgan fingerprint density at radius 2 is 0.802 bits per heavy atom. The number of rotatable bonds is 25. The predicted octanol–water partition coefficient (Wildman–Crippen LogP) is 11.5. The van der Waals surface area contributed by atoms with Crippen LogP contribution in [0.15, 0.2) is 103 Å². The molecule has 4 aromatic heterocycles. The maximum Gasteiger partial charge on any atom is 0.220 e. The van der Waals surface area contributed by atoms with E-state index in [1.807, 2.05) is 72.8 Å². The summed E-state index contributed by atoms with van der Waals surface area (Å²) in [5.74, 6) is 1.11. The van der Waals surface area contributed by atoms with Crippen LogP contribution in [-0.4, -0.2) is 196 Å². The van der Waals surface area contributed by atoms with Gasteiger partial charge < -0.3 is 49.7 Å². The Kier molecular flexibility index (Phi) is 22.0. The van der Waals surface area contributed by atoms with E-state index in [-0.39, 0.29) is 39.5 Å². The fourth-order valence-corrected chi connectivity index (χ4v) is 15.5. The van der Waals surface area contributed by atoms with Crippen molar-refractivity contribution in [2.45, 2.75) is 76.0 Å². The first kappa shape index (κ1) is 70.4. The van der Waals surface area contributed by atoms with Gasteiger partial charge in [-0.1, -0.05) is 88.9 Å². The standard InChI is InChI=1S/C76H81Cl4FN12O8/c1-96-73-44(34-82-36-51-12-18-67(94)84-51)8-14-64(87-73)61-31-49(29-58(71(61)79)59-32-50(81)33-62(72(59)80)66-15-9-45(74(88-66)97-2)35-83-37-52-13-19-68(95)85-52)48-28-57(70(78)60(30-48)65-17-11-47(76(89-65)99-4)39-91-22-26-93(27-23-91)54-42-101-43-54)55-6-5-7-56(69(55)77)63-16-10-46(75(86-63)98-3)38-90-20-24-92(25-21-90)53-40-100-41-53/h5-11,14-17,28-33,51-54,82-83H,12-13,18-27,34-43H2,1-4H3,(H,84,94)(H,85,95)/t51-,52-/m0/s1. The molecule has 6 saturated heterocycles. The summed E-state index contributed by atoms with van der Waals surface area (Å²) in [6, 6.07) is 32.8. The van der Waals surface area contributed by atoms with Crippen LogP contribution in [-0.2, 0) is 45.2 Å². The average Bonchev–Trinajstić information content (AvgIpc) is 0.919. The molecule has 6 aliphatic rings. The molecule has 0 saturated carbocycles. The van der Waals surface area contributed by atoms with E-state index in [1.54, 1.807) is 27.4 Å². The van der Waals surface area contributed by atoms with E-state index in [9.17, 15) is 9.59 Å². The average molecular weight is 1450 g/mol. The van der Waals surface area contributed by atoms with Gasteiger partial charge in [-0.25, -0.2) is 24.3 Å². The van der Waals surface area contributed by atoms with E-state index in [0.29, 0.717) is 171 Å². The van der Waals surface area contributed by atoms with E-state index in [4.69, 9.17) is 94.8 Å². The van der Waals surface area contributed by atoms with Gasteiger partial charge in [-0.2, -0.15) is 0 Å². The lowest BCUT2D eigenvalue weighted by atomic mass is 9.90. The zero-order valence-corrected chi connectivity index (χ0v) is 59.9. The minimum atomic E-state index is -0.600. The summed E-state index contributed by atoms with van der Waals surface area (Å²) in [5, 5.41) is 14.0. The Bertz CT molecular complexity index is 4400. The first-order valence-electron chi connectivity index (χ1n) is 34.4. The van der Waals surface area contributed by atoms with Gasteiger partial charge in [-0.15, -0.1) is 0 Å². The van der Waals surface area contributed by atoms with Crippen LogP contribution in [0.2, 0.25) is 20.1 Å². The van der Waals surface area contributed by atoms with E-state index >= 15 is 4.39 Å². The van der Waals surface area contributed by atoms with Crippen LogP contribution in [0.5, 0.6) is 23.5 Å². The highest BCUT2D eigenvalue weighted by Crippen LogP contribution is 2.49. The van der Waals surface area contributed by atoms with Crippen LogP contribution in [0.3, 0.4) is 0 Å². The predicted molar refractivity (Wildman–Crippen MR) is 391 cm³/mol. The number of benzene rings is 4. The quantitative estimate of drug-likeness (QED) is 0.0420. The Morgan fingerprint density at radius 3 is 1.20 bits per heavy atom. The van der Waals surface area contributed by atoms with Crippen molar-refractivity contribution in [3.05, 3.63) is 151 Å². The van der Waals surface area contributed by atoms with Crippen LogP contribution < -0.4 is 40.2 Å². The molecular weight excluding hydrogens is 1370 g/mol. The number of piperazine rings is 2. The van der Waals surface area contributed by atoms with E-state index < -0.39 is 5.82 Å². The Labute approximate surface area is 607 Å². The first-order valence-corrected chi connectivity index (χ1v) is 35.9. The molecule has 4 aromatic carbocycles. The molecule has 0 bridgehead atoms. The second kappa shape index (κ2) is 31.6. The number of hydrogen-bond acceptors (Lipinski definition) is 18. The fraction of sp³-hybridized carbons (Fsp3) is 0.395. The van der Waals surface area contributed by atoms with E-state index in [0.717, 1.165) is 114 Å². The number of pyridine rings is 4. The molecular formula is C76H81Cl4FN12O8. The molecule has 4 N–H and O–H groups in total. The van der Waals surface area contributed by atoms with Crippen molar-refractivity contribution >= 4 is 58.2 Å². The van der Waals surface area contributed by atoms with Gasteiger partial charge in [0.05, 0.1) is 110 Å². The third-order valence-electron chi connectivity index (χ3n) is 20.2. The summed E-state index contributed by atoms with van der Waals surface area (Å²) in [4.78, 5) is 54.2. The zero-order chi connectivity index (χ0) is 69.8. The van der Waals surface area contributed by atoms with Gasteiger partial charge in [0.1, 0.15) is 5.82 Å². The van der Waals surface area contributed by atoms with E-state index in [1.165, 1.54) is 19.2 Å². The number of methoxy groups -OCH3 is 4. The number of amides is 2. The Balaban J connectivity index is 0.879. The maximum absolute atomic E-state index is 16.8. The molecule has 10 heterocycles. The third-order valence-corrected chi connectivity index (χ3v) is 21.8. The summed E-state index contributed by atoms with van der Waals surface area (Å²) in [6.45, 7) is 13.8. The van der Waals surface area contributed by atoms with Gasteiger partial charge in [0.25, 0.3) is 0 Å². The lowest BCUT2D eigenvalue weighted by Gasteiger charge is -2.42. The summed E-state index contributed by atoms with van der Waals surface area (Å²) < 4.78 is 51.8. The van der Waals surface area contributed by atoms with Crippen molar-refractivity contribution < 1.29 is 42.4 Å². The highest BCUT2D eigenvalue weighted by Gasteiger charge is 2.33. The SMILES string of the molecule is COc1nc(-c2cc(F)cc(-c3cc(-c4cc(-c5ccc(CN6CCN(C7COC7)CC6)c(OC)n5)c(Cl)c(-c5cccc(-c6ccc(CN7CCN(C8COC8)CC7)c(OC)n6)c5Cl)c4)cc(-c4ccc(CNC[C@@H]5CCC(=O)N5)c(OC)n4)c3Cl)c2Cl)ccc1CNC[C@@H]1CCC(=O)N1. The molecule has 6 aliphatic heterocycles. The summed E-state index contributed by atoms with van der Waals surface area (Å²) in [6.07, 6.45) is 2.48. The van der Waals surface area contributed by atoms with Gasteiger partial charge in [0.2, 0.25) is 35.3 Å². The summed E-state index contributed by atoms with van der Waals surface area (Å²) in [7, 11) is 6.36. The number of halogens is 5. The monoisotopic (exact) mass is 1450 g/mol. The smallest absolute Gasteiger partial charge is 0.220 e. The first-order chi connectivity index (χ1) is 49.2. The Hall–Kier alpha value is -7.61. The molecule has 25 heteroatoms. The van der Waals surface area contributed by atoms with Gasteiger partial charge >= 0.3 is 0 Å². The zero-order valence-electron chi connectivity index (χ0n) is 56.9. The van der Waals surface area contributed by atoms with Crippen LogP contribution in [0.4, 0.5) is 4.39 Å². The molecule has 0 spiro atoms. The molecule has 2 atom stereocenters. The number of nitrogens with one attached hydrogen (secondary N) is 4. The Morgan fingerprint density at radius 1 is 0.455 bits per heavy atom. The number of nitrogens with zero attached hydrogens (tertiary/aromatic N) is 8. The van der Waals surface area contributed by atoms with E-state index in [2.05, 4.69) is 53.0 Å². The topological polar surface area (TPSA) is 202 Å². The van der Waals surface area contributed by atoms with Crippen LogP contribution in [0.1, 0.15) is 47.9 Å². The lowest BCUT2D eigenvalue weighted by molar-refractivity contribution is -0.120. The van der Waals surface area contributed by atoms with Gasteiger partial charge in [0, 0.05) is 183 Å². The number of carbonyl (C=O) groups excluding carboxylic acids is 2. The van der Waals surface area contributed by atoms with Crippen LogP contribution in [0.25, 0.3) is 78.4 Å². The molecule has 2 amide bonds. The fourth-order valence-electron chi connectivity index (χ4n) is 14.3. The van der Waals surface area contributed by atoms with Crippen molar-refractivity contribution in [2.75, 3.05) is 120 Å². The highest BCUT2D eigenvalue weighted by atomic mass is 35.5. The highest BCUT2D eigenvalue weighted by molar-refractivity contribution is 6.40. The van der Waals surface area contributed by atoms with Crippen molar-refractivity contribution in [2.24, 2.45) is 0 Å². The van der Waals surface area contributed by atoms with Gasteiger partial charge in [-0.3, -0.25) is 29.2 Å².